The molecule has 0 spiro atoms. The van der Waals surface area contributed by atoms with Crippen molar-refractivity contribution in [3.63, 3.8) is 0 Å². The highest BCUT2D eigenvalue weighted by molar-refractivity contribution is 9.10. The summed E-state index contributed by atoms with van der Waals surface area (Å²) < 4.78 is 28.6. The van der Waals surface area contributed by atoms with E-state index in [1.165, 1.54) is 25.0 Å². The Morgan fingerprint density at radius 2 is 1.79 bits per heavy atom. The average Bonchev–Trinajstić information content (AvgIpc) is 2.68. The second-order valence-electron chi connectivity index (χ2n) is 5.27. The van der Waals surface area contributed by atoms with Crippen LogP contribution in [0.5, 0.6) is 0 Å². The quantitative estimate of drug-likeness (QED) is 0.609. The van der Waals surface area contributed by atoms with Gasteiger partial charge in [-0.25, -0.2) is 8.78 Å². The van der Waals surface area contributed by atoms with Crippen LogP contribution in [0.4, 0.5) is 8.78 Å². The zero-order valence-electron chi connectivity index (χ0n) is 11.2. The second-order valence-corrected chi connectivity index (χ2v) is 6.13. The van der Waals surface area contributed by atoms with Crippen LogP contribution >= 0.6 is 15.9 Å². The highest BCUT2D eigenvalue weighted by Crippen LogP contribution is 2.37. The summed E-state index contributed by atoms with van der Waals surface area (Å²) in [7, 11) is 1.79. The molecule has 0 aliphatic heterocycles. The maximum absolute atomic E-state index is 14.2. The van der Waals surface area contributed by atoms with Crippen molar-refractivity contribution >= 4 is 15.9 Å². The zero-order chi connectivity index (χ0) is 13.8. The molecule has 1 saturated carbocycles. The Bertz CT molecular complexity index is 428. The van der Waals surface area contributed by atoms with Crippen molar-refractivity contribution in [3.8, 4) is 0 Å². The summed E-state index contributed by atoms with van der Waals surface area (Å²) in [4.78, 5) is 0. The number of nitrogens with one attached hydrogen (secondary N) is 1. The lowest BCUT2D eigenvalue weighted by molar-refractivity contribution is 0.323. The lowest BCUT2D eigenvalue weighted by Crippen LogP contribution is -2.27. The summed E-state index contributed by atoms with van der Waals surface area (Å²) in [5, 5.41) is 3.12. The second kappa shape index (κ2) is 6.80. The lowest BCUT2D eigenvalue weighted by Gasteiger charge is -2.27. The Morgan fingerprint density at radius 3 is 2.37 bits per heavy atom. The van der Waals surface area contributed by atoms with Gasteiger partial charge in [-0.05, 0) is 53.9 Å². The first-order valence-electron chi connectivity index (χ1n) is 6.95. The molecule has 0 aromatic heterocycles. The van der Waals surface area contributed by atoms with Crippen molar-refractivity contribution in [2.45, 2.75) is 44.6 Å². The van der Waals surface area contributed by atoms with Crippen molar-refractivity contribution in [3.05, 3.63) is 33.8 Å². The third-order valence-corrected chi connectivity index (χ3v) is 4.69. The van der Waals surface area contributed by atoms with Gasteiger partial charge in [-0.15, -0.1) is 0 Å². The van der Waals surface area contributed by atoms with Gasteiger partial charge in [0.25, 0.3) is 0 Å². The predicted molar refractivity (Wildman–Crippen MR) is 77.1 cm³/mol. The normalized spacial score (nSPS) is 19.2. The van der Waals surface area contributed by atoms with E-state index >= 15 is 0 Å². The molecule has 1 nitrogen and oxygen atoms in total. The molecule has 0 amide bonds. The van der Waals surface area contributed by atoms with E-state index in [4.69, 9.17) is 0 Å². The van der Waals surface area contributed by atoms with Crippen LogP contribution in [0.2, 0.25) is 0 Å². The maximum atomic E-state index is 14.2. The number of halogens is 3. The number of hydrogen-bond donors (Lipinski definition) is 1. The Morgan fingerprint density at radius 1 is 1.16 bits per heavy atom. The molecular formula is C15H20BrF2N. The monoisotopic (exact) mass is 331 g/mol. The van der Waals surface area contributed by atoms with E-state index in [0.717, 1.165) is 25.7 Å². The van der Waals surface area contributed by atoms with Crippen molar-refractivity contribution in [2.24, 2.45) is 5.92 Å². The summed E-state index contributed by atoms with van der Waals surface area (Å²) in [6.45, 7) is 0. The van der Waals surface area contributed by atoms with Gasteiger partial charge in [0.15, 0.2) is 0 Å². The summed E-state index contributed by atoms with van der Waals surface area (Å²) in [6, 6.07) is 2.52. The van der Waals surface area contributed by atoms with Gasteiger partial charge in [-0.2, -0.15) is 0 Å². The van der Waals surface area contributed by atoms with Crippen LogP contribution in [0.25, 0.3) is 0 Å². The molecule has 1 N–H and O–H groups in total. The van der Waals surface area contributed by atoms with E-state index in [1.807, 2.05) is 0 Å². The van der Waals surface area contributed by atoms with E-state index in [2.05, 4.69) is 21.2 Å². The summed E-state index contributed by atoms with van der Waals surface area (Å²) >= 11 is 3.15. The van der Waals surface area contributed by atoms with Crippen molar-refractivity contribution in [1.82, 2.24) is 5.32 Å². The van der Waals surface area contributed by atoms with Crippen molar-refractivity contribution in [1.29, 1.82) is 0 Å². The lowest BCUT2D eigenvalue weighted by atomic mass is 9.87. The fourth-order valence-corrected chi connectivity index (χ4v) is 3.43. The van der Waals surface area contributed by atoms with Gasteiger partial charge in [-0.3, -0.25) is 0 Å². The molecule has 1 unspecified atom stereocenters. The van der Waals surface area contributed by atoms with Gasteiger partial charge in [0.2, 0.25) is 0 Å². The molecule has 0 bridgehead atoms. The molecular weight excluding hydrogens is 312 g/mol. The third kappa shape index (κ3) is 3.34. The topological polar surface area (TPSA) is 12.0 Å². The van der Waals surface area contributed by atoms with Gasteiger partial charge in [0.05, 0.1) is 4.47 Å². The SMILES string of the molecule is CNC(c1c(F)ccc(Br)c1F)C1CCCCCC1. The molecule has 1 aromatic rings. The molecule has 1 aromatic carbocycles. The molecule has 1 fully saturated rings. The number of rotatable bonds is 3. The maximum Gasteiger partial charge on any atom is 0.145 e. The van der Waals surface area contributed by atoms with Gasteiger partial charge in [-0.1, -0.05) is 25.7 Å². The molecule has 1 aliphatic rings. The van der Waals surface area contributed by atoms with Gasteiger partial charge in [0.1, 0.15) is 11.6 Å². The van der Waals surface area contributed by atoms with Crippen LogP contribution in [0, 0.1) is 17.6 Å². The molecule has 2 rings (SSSR count). The van der Waals surface area contributed by atoms with Gasteiger partial charge >= 0.3 is 0 Å². The largest absolute Gasteiger partial charge is 0.313 e. The van der Waals surface area contributed by atoms with Crippen LogP contribution in [-0.2, 0) is 0 Å². The van der Waals surface area contributed by atoms with Crippen LogP contribution in [0.15, 0.2) is 16.6 Å². The summed E-state index contributed by atoms with van der Waals surface area (Å²) in [5.74, 6) is -0.612. The fraction of sp³-hybridized carbons (Fsp3) is 0.600. The van der Waals surface area contributed by atoms with Crippen LogP contribution < -0.4 is 5.32 Å². The smallest absolute Gasteiger partial charge is 0.145 e. The summed E-state index contributed by atoms with van der Waals surface area (Å²) in [5.41, 5.74) is 0.184. The van der Waals surface area contributed by atoms with Gasteiger partial charge in [0, 0.05) is 11.6 Å². The Hall–Kier alpha value is -0.480. The Balaban J connectivity index is 2.33. The standard InChI is InChI=1S/C15H20BrF2N/c1-19-15(10-6-4-2-3-5-7-10)13-12(17)9-8-11(16)14(13)18/h8-10,15,19H,2-7H2,1H3. The van der Waals surface area contributed by atoms with E-state index in [-0.39, 0.29) is 11.6 Å². The molecule has 0 radical (unpaired) electrons. The van der Waals surface area contributed by atoms with E-state index in [9.17, 15) is 8.78 Å². The summed E-state index contributed by atoms with van der Waals surface area (Å²) in [6.07, 6.45) is 6.85. The number of hydrogen-bond acceptors (Lipinski definition) is 1. The van der Waals surface area contributed by atoms with E-state index in [0.29, 0.717) is 10.4 Å². The molecule has 4 heteroatoms. The van der Waals surface area contributed by atoms with Crippen LogP contribution in [0.1, 0.15) is 50.1 Å². The molecule has 0 saturated heterocycles. The Labute approximate surface area is 121 Å². The van der Waals surface area contributed by atoms with Crippen LogP contribution in [0.3, 0.4) is 0 Å². The first-order chi connectivity index (χ1) is 9.15. The highest BCUT2D eigenvalue weighted by Gasteiger charge is 2.28. The molecule has 1 atom stereocenters. The fourth-order valence-electron chi connectivity index (χ4n) is 3.09. The highest BCUT2D eigenvalue weighted by atomic mass is 79.9. The minimum absolute atomic E-state index is 0.184. The predicted octanol–water partition coefficient (Wildman–Crippen LogP) is 4.96. The van der Waals surface area contributed by atoms with Crippen molar-refractivity contribution in [2.75, 3.05) is 7.05 Å². The molecule has 19 heavy (non-hydrogen) atoms. The first kappa shape index (κ1) is 14.9. The third-order valence-electron chi connectivity index (χ3n) is 4.07. The molecule has 0 heterocycles. The van der Waals surface area contributed by atoms with E-state index in [1.54, 1.807) is 7.05 Å². The molecule has 106 valence electrons. The minimum atomic E-state index is -0.469. The minimum Gasteiger partial charge on any atom is -0.313 e. The van der Waals surface area contributed by atoms with Crippen molar-refractivity contribution < 1.29 is 8.78 Å². The van der Waals surface area contributed by atoms with Crippen LogP contribution in [-0.4, -0.2) is 7.05 Å². The average molecular weight is 332 g/mol. The zero-order valence-corrected chi connectivity index (χ0v) is 12.8. The van der Waals surface area contributed by atoms with Gasteiger partial charge < -0.3 is 5.32 Å². The number of benzene rings is 1. The molecule has 1 aliphatic carbocycles. The Kier molecular flexibility index (Phi) is 5.34. The van der Waals surface area contributed by atoms with E-state index < -0.39 is 11.6 Å². The first-order valence-corrected chi connectivity index (χ1v) is 7.75.